The van der Waals surface area contributed by atoms with Gasteiger partial charge in [-0.1, -0.05) is 72.5 Å². The topological polar surface area (TPSA) is 67.5 Å². The second-order valence-electron chi connectivity index (χ2n) is 5.80. The monoisotopic (exact) mass is 410 g/mol. The maximum atomic E-state index is 9.31. The molecule has 0 heterocycles. The van der Waals surface area contributed by atoms with Crippen molar-refractivity contribution >= 4 is 24.8 Å². The van der Waals surface area contributed by atoms with Gasteiger partial charge in [0.2, 0.25) is 0 Å². The van der Waals surface area contributed by atoms with Crippen LogP contribution in [-0.4, -0.2) is 30.4 Å². The lowest BCUT2D eigenvalue weighted by atomic mass is 10.1. The predicted octanol–water partition coefficient (Wildman–Crippen LogP) is 2.92. The van der Waals surface area contributed by atoms with Crippen LogP contribution in [0.3, 0.4) is 0 Å². The summed E-state index contributed by atoms with van der Waals surface area (Å²) in [6.07, 6.45) is 0.633. The van der Waals surface area contributed by atoms with Gasteiger partial charge in [-0.15, -0.1) is 24.8 Å². The van der Waals surface area contributed by atoms with Gasteiger partial charge in [-0.25, -0.2) is 0 Å². The minimum Gasteiger partial charge on any atom is -0.395 e. The fraction of sp³-hybridized carbons (Fsp3) is 0.333. The van der Waals surface area contributed by atoms with Crippen LogP contribution in [0.4, 0.5) is 0 Å². The molecular formula is C21H28Cl2N2O2. The Kier molecular flexibility index (Phi) is 14.6. The van der Waals surface area contributed by atoms with E-state index in [0.717, 1.165) is 11.1 Å². The molecule has 0 aliphatic carbocycles. The molecule has 0 aromatic heterocycles. The van der Waals surface area contributed by atoms with Crippen molar-refractivity contribution < 1.29 is 9.84 Å². The van der Waals surface area contributed by atoms with Gasteiger partial charge in [-0.2, -0.15) is 0 Å². The molecule has 0 aliphatic rings. The van der Waals surface area contributed by atoms with Crippen LogP contribution in [0.25, 0.3) is 0 Å². The molecule has 0 spiro atoms. The molecule has 4 nitrogen and oxygen atoms in total. The molecule has 2 aromatic rings. The molecule has 0 aliphatic heterocycles. The molecule has 0 saturated carbocycles. The van der Waals surface area contributed by atoms with Crippen molar-refractivity contribution in [3.05, 3.63) is 71.8 Å². The van der Waals surface area contributed by atoms with Gasteiger partial charge in [-0.05, 0) is 11.1 Å². The van der Waals surface area contributed by atoms with Gasteiger partial charge in [0.05, 0.1) is 31.9 Å². The number of nitrogens with two attached hydrogens (primary N) is 1. The maximum Gasteiger partial charge on any atom is 0.0868 e. The van der Waals surface area contributed by atoms with Crippen LogP contribution in [0.1, 0.15) is 17.5 Å². The van der Waals surface area contributed by atoms with E-state index < -0.39 is 6.04 Å². The van der Waals surface area contributed by atoms with Crippen molar-refractivity contribution in [2.24, 2.45) is 5.73 Å². The molecule has 4 N–H and O–H groups in total. The van der Waals surface area contributed by atoms with Crippen molar-refractivity contribution in [1.82, 2.24) is 5.32 Å². The first-order valence-corrected chi connectivity index (χ1v) is 8.53. The summed E-state index contributed by atoms with van der Waals surface area (Å²) in [6, 6.07) is 19.4. The SMILES string of the molecule is Cl.Cl.N[C@@H](CO)[C@@H](C#CCCOCc1ccccc1)NCc1ccccc1. The zero-order valence-electron chi connectivity index (χ0n) is 15.2. The molecule has 6 heteroatoms. The second-order valence-corrected chi connectivity index (χ2v) is 5.80. The fourth-order valence-corrected chi connectivity index (χ4v) is 2.31. The number of benzene rings is 2. The van der Waals surface area contributed by atoms with E-state index in [1.807, 2.05) is 60.7 Å². The quantitative estimate of drug-likeness (QED) is 0.439. The second kappa shape index (κ2) is 15.5. The van der Waals surface area contributed by atoms with Crippen molar-refractivity contribution in [3.63, 3.8) is 0 Å². The Bertz CT molecular complexity index is 660. The number of hydrogen-bond donors (Lipinski definition) is 3. The lowest BCUT2D eigenvalue weighted by Gasteiger charge is -2.18. The highest BCUT2D eigenvalue weighted by Crippen LogP contribution is 2.01. The maximum absolute atomic E-state index is 9.31. The minimum absolute atomic E-state index is 0. The molecule has 2 atom stereocenters. The van der Waals surface area contributed by atoms with Gasteiger partial charge in [0.15, 0.2) is 0 Å². The third-order valence-corrected chi connectivity index (χ3v) is 3.75. The van der Waals surface area contributed by atoms with Crippen LogP contribution in [0.15, 0.2) is 60.7 Å². The van der Waals surface area contributed by atoms with Crippen LogP contribution in [0.5, 0.6) is 0 Å². The summed E-state index contributed by atoms with van der Waals surface area (Å²) in [4.78, 5) is 0. The highest BCUT2D eigenvalue weighted by Gasteiger charge is 2.13. The first-order chi connectivity index (χ1) is 12.3. The van der Waals surface area contributed by atoms with Crippen LogP contribution in [-0.2, 0) is 17.9 Å². The molecule has 0 unspecified atom stereocenters. The Labute approximate surface area is 174 Å². The van der Waals surface area contributed by atoms with E-state index in [1.54, 1.807) is 0 Å². The Hall–Kier alpha value is -1.58. The Morgan fingerprint density at radius 3 is 2.15 bits per heavy atom. The first kappa shape index (κ1) is 25.4. The van der Waals surface area contributed by atoms with Gasteiger partial charge in [-0.3, -0.25) is 5.32 Å². The predicted molar refractivity (Wildman–Crippen MR) is 115 cm³/mol. The summed E-state index contributed by atoms with van der Waals surface area (Å²) in [5.41, 5.74) is 8.26. The van der Waals surface area contributed by atoms with Gasteiger partial charge < -0.3 is 15.6 Å². The van der Waals surface area contributed by atoms with Crippen LogP contribution in [0.2, 0.25) is 0 Å². The molecule has 0 radical (unpaired) electrons. The number of ether oxygens (including phenoxy) is 1. The number of nitrogens with one attached hydrogen (secondary N) is 1. The molecule has 2 rings (SSSR count). The Balaban J connectivity index is 0.00000338. The van der Waals surface area contributed by atoms with E-state index >= 15 is 0 Å². The Morgan fingerprint density at radius 1 is 0.963 bits per heavy atom. The largest absolute Gasteiger partial charge is 0.395 e. The number of halogens is 2. The molecule has 0 fully saturated rings. The van der Waals surface area contributed by atoms with Crippen molar-refractivity contribution in [2.45, 2.75) is 31.7 Å². The number of aliphatic hydroxyl groups is 1. The van der Waals surface area contributed by atoms with Crippen LogP contribution in [0, 0.1) is 11.8 Å². The zero-order chi connectivity index (χ0) is 17.7. The third kappa shape index (κ3) is 10.4. The molecule has 2 aromatic carbocycles. The fourth-order valence-electron chi connectivity index (χ4n) is 2.31. The summed E-state index contributed by atoms with van der Waals surface area (Å²) in [5.74, 6) is 6.21. The highest BCUT2D eigenvalue weighted by atomic mass is 35.5. The van der Waals surface area contributed by atoms with Crippen LogP contribution < -0.4 is 11.1 Å². The van der Waals surface area contributed by atoms with Gasteiger partial charge in [0.25, 0.3) is 0 Å². The van der Waals surface area contributed by atoms with Gasteiger partial charge in [0, 0.05) is 13.0 Å². The average Bonchev–Trinajstić information content (AvgIpc) is 2.67. The summed E-state index contributed by atoms with van der Waals surface area (Å²) in [5, 5.41) is 12.6. The summed E-state index contributed by atoms with van der Waals surface area (Å²) in [6.45, 7) is 1.72. The van der Waals surface area contributed by atoms with E-state index in [1.165, 1.54) is 0 Å². The smallest absolute Gasteiger partial charge is 0.0868 e. The normalized spacial score (nSPS) is 11.9. The number of aliphatic hydroxyl groups excluding tert-OH is 1. The zero-order valence-corrected chi connectivity index (χ0v) is 16.8. The Morgan fingerprint density at radius 2 is 1.56 bits per heavy atom. The highest BCUT2D eigenvalue weighted by molar-refractivity contribution is 5.85. The van der Waals surface area contributed by atoms with Gasteiger partial charge >= 0.3 is 0 Å². The van der Waals surface area contributed by atoms with E-state index in [0.29, 0.717) is 26.2 Å². The number of rotatable bonds is 9. The van der Waals surface area contributed by atoms with Crippen molar-refractivity contribution in [1.29, 1.82) is 0 Å². The summed E-state index contributed by atoms with van der Waals surface area (Å²) < 4.78 is 5.61. The summed E-state index contributed by atoms with van der Waals surface area (Å²) >= 11 is 0. The molecular weight excluding hydrogens is 383 g/mol. The molecule has 0 amide bonds. The lowest BCUT2D eigenvalue weighted by Crippen LogP contribution is -2.46. The van der Waals surface area contributed by atoms with Crippen molar-refractivity contribution in [3.8, 4) is 11.8 Å². The van der Waals surface area contributed by atoms with Gasteiger partial charge in [0.1, 0.15) is 0 Å². The lowest BCUT2D eigenvalue weighted by molar-refractivity contribution is 0.126. The van der Waals surface area contributed by atoms with E-state index in [4.69, 9.17) is 10.5 Å². The molecule has 27 heavy (non-hydrogen) atoms. The van der Waals surface area contributed by atoms with E-state index in [9.17, 15) is 5.11 Å². The van der Waals surface area contributed by atoms with E-state index in [-0.39, 0.29) is 37.5 Å². The first-order valence-electron chi connectivity index (χ1n) is 8.53. The molecule has 148 valence electrons. The van der Waals surface area contributed by atoms with Crippen LogP contribution >= 0.6 is 24.8 Å². The van der Waals surface area contributed by atoms with Crippen molar-refractivity contribution in [2.75, 3.05) is 13.2 Å². The number of hydrogen-bond acceptors (Lipinski definition) is 4. The summed E-state index contributed by atoms with van der Waals surface area (Å²) in [7, 11) is 0. The van der Waals surface area contributed by atoms with E-state index in [2.05, 4.69) is 17.2 Å². The average molecular weight is 411 g/mol. The third-order valence-electron chi connectivity index (χ3n) is 3.75. The molecule has 0 saturated heterocycles. The standard InChI is InChI=1S/C21H26N2O2.2ClH/c22-20(16-24)21(23-15-18-9-3-1-4-10-18)13-7-8-14-25-17-19-11-5-2-6-12-19;;/h1-6,9-12,20-21,23-24H,8,14-17,22H2;2*1H/t20-,21+;;/m0../s1. The molecule has 0 bridgehead atoms. The minimum atomic E-state index is -0.415.